The molecule has 1 heterocycles. The molecule has 1 saturated carbocycles. The topological polar surface area (TPSA) is 35.5 Å². The highest BCUT2D eigenvalue weighted by Crippen LogP contribution is 2.26. The van der Waals surface area contributed by atoms with Gasteiger partial charge in [-0.15, -0.1) is 0 Å². The summed E-state index contributed by atoms with van der Waals surface area (Å²) in [7, 11) is 0. The Bertz CT molecular complexity index is 209. The van der Waals surface area contributed by atoms with Gasteiger partial charge in [-0.25, -0.2) is 0 Å². The van der Waals surface area contributed by atoms with Gasteiger partial charge in [-0.3, -0.25) is 4.79 Å². The molecule has 0 bridgehead atoms. The van der Waals surface area contributed by atoms with Crippen molar-refractivity contribution in [1.29, 1.82) is 0 Å². The van der Waals surface area contributed by atoms with Crippen molar-refractivity contribution in [2.24, 2.45) is 5.92 Å². The van der Waals surface area contributed by atoms with Gasteiger partial charge in [-0.05, 0) is 18.8 Å². The Morgan fingerprint density at radius 1 is 1.43 bits per heavy atom. The lowest BCUT2D eigenvalue weighted by Gasteiger charge is -2.30. The fourth-order valence-electron chi connectivity index (χ4n) is 2.15. The van der Waals surface area contributed by atoms with Crippen molar-refractivity contribution in [2.45, 2.75) is 44.8 Å². The molecule has 0 aromatic rings. The van der Waals surface area contributed by atoms with Crippen LogP contribution in [0.3, 0.4) is 0 Å². The molecule has 0 N–H and O–H groups in total. The number of Topliss-reactive ketones (excluding diaryl/α,β-unsaturated/α-hetero) is 1. The molecule has 14 heavy (non-hydrogen) atoms. The molecule has 2 fully saturated rings. The van der Waals surface area contributed by atoms with E-state index in [1.807, 2.05) is 0 Å². The Hall–Kier alpha value is -0.410. The molecule has 3 atom stereocenters. The number of ketones is 1. The van der Waals surface area contributed by atoms with Gasteiger partial charge < -0.3 is 9.47 Å². The first kappa shape index (κ1) is 10.1. The fourth-order valence-corrected chi connectivity index (χ4v) is 2.15. The zero-order valence-electron chi connectivity index (χ0n) is 8.70. The normalized spacial score (nSPS) is 38.9. The molecule has 2 aliphatic rings. The van der Waals surface area contributed by atoms with E-state index in [4.69, 9.17) is 9.47 Å². The Labute approximate surface area is 84.8 Å². The zero-order chi connectivity index (χ0) is 9.97. The summed E-state index contributed by atoms with van der Waals surface area (Å²) in [6, 6.07) is 0. The Kier molecular flexibility index (Phi) is 3.19. The molecule has 3 heteroatoms. The Morgan fingerprint density at radius 3 is 3.00 bits per heavy atom. The lowest BCUT2D eigenvalue weighted by molar-refractivity contribution is -0.129. The number of carbonyl (C=O) groups is 1. The summed E-state index contributed by atoms with van der Waals surface area (Å²) in [5.41, 5.74) is 0. The highest BCUT2D eigenvalue weighted by atomic mass is 16.6. The van der Waals surface area contributed by atoms with Crippen LogP contribution in [0.4, 0.5) is 0 Å². The van der Waals surface area contributed by atoms with Crippen LogP contribution in [0.2, 0.25) is 0 Å². The fraction of sp³-hybridized carbons (Fsp3) is 0.909. The number of ether oxygens (including phenoxy) is 2. The van der Waals surface area contributed by atoms with Gasteiger partial charge in [0, 0.05) is 19.4 Å². The molecule has 3 nitrogen and oxygen atoms in total. The SMILES string of the molecule is CC1CCC(=O)CC1OC1CCOC1. The summed E-state index contributed by atoms with van der Waals surface area (Å²) in [5.74, 6) is 0.875. The molecular weight excluding hydrogens is 180 g/mol. The van der Waals surface area contributed by atoms with Crippen molar-refractivity contribution >= 4 is 5.78 Å². The quantitative estimate of drug-likeness (QED) is 0.675. The lowest BCUT2D eigenvalue weighted by Crippen LogP contribution is -2.34. The third-order valence-electron chi connectivity index (χ3n) is 3.20. The molecule has 1 aliphatic heterocycles. The van der Waals surface area contributed by atoms with Crippen LogP contribution in [0.5, 0.6) is 0 Å². The summed E-state index contributed by atoms with van der Waals surface area (Å²) in [6.45, 7) is 3.68. The van der Waals surface area contributed by atoms with E-state index in [9.17, 15) is 4.79 Å². The van der Waals surface area contributed by atoms with Gasteiger partial charge in [0.2, 0.25) is 0 Å². The van der Waals surface area contributed by atoms with E-state index in [0.717, 1.165) is 25.9 Å². The molecule has 2 rings (SSSR count). The van der Waals surface area contributed by atoms with Crippen LogP contribution in [0, 0.1) is 5.92 Å². The maximum atomic E-state index is 11.3. The van der Waals surface area contributed by atoms with E-state index in [2.05, 4.69) is 6.92 Å². The predicted molar refractivity (Wildman–Crippen MR) is 52.1 cm³/mol. The van der Waals surface area contributed by atoms with Gasteiger partial charge in [0.25, 0.3) is 0 Å². The summed E-state index contributed by atoms with van der Waals surface area (Å²) >= 11 is 0. The lowest BCUT2D eigenvalue weighted by atomic mass is 9.87. The van der Waals surface area contributed by atoms with Gasteiger partial charge in [-0.2, -0.15) is 0 Å². The molecule has 1 aliphatic carbocycles. The second kappa shape index (κ2) is 4.41. The summed E-state index contributed by atoms with van der Waals surface area (Å²) in [5, 5.41) is 0. The molecule has 0 aromatic carbocycles. The molecule has 0 radical (unpaired) electrons. The van der Waals surface area contributed by atoms with Gasteiger partial charge in [0.05, 0.1) is 18.8 Å². The highest BCUT2D eigenvalue weighted by molar-refractivity contribution is 5.79. The average molecular weight is 198 g/mol. The third kappa shape index (κ3) is 2.34. The Morgan fingerprint density at radius 2 is 2.29 bits per heavy atom. The Balaban J connectivity index is 1.84. The van der Waals surface area contributed by atoms with E-state index in [0.29, 0.717) is 24.7 Å². The van der Waals surface area contributed by atoms with Crippen molar-refractivity contribution < 1.29 is 14.3 Å². The van der Waals surface area contributed by atoms with Crippen LogP contribution in [-0.2, 0) is 14.3 Å². The maximum absolute atomic E-state index is 11.3. The van der Waals surface area contributed by atoms with Crippen LogP contribution in [0.15, 0.2) is 0 Å². The van der Waals surface area contributed by atoms with Crippen LogP contribution >= 0.6 is 0 Å². The van der Waals surface area contributed by atoms with Gasteiger partial charge in [0.1, 0.15) is 5.78 Å². The smallest absolute Gasteiger partial charge is 0.135 e. The van der Waals surface area contributed by atoms with Crippen molar-refractivity contribution in [3.05, 3.63) is 0 Å². The highest BCUT2D eigenvalue weighted by Gasteiger charge is 2.30. The predicted octanol–water partition coefficient (Wildman–Crippen LogP) is 1.55. The first-order valence-electron chi connectivity index (χ1n) is 5.50. The minimum atomic E-state index is 0.142. The van der Waals surface area contributed by atoms with Crippen LogP contribution in [0.1, 0.15) is 32.6 Å². The van der Waals surface area contributed by atoms with Crippen molar-refractivity contribution in [3.63, 3.8) is 0 Å². The summed E-state index contributed by atoms with van der Waals surface area (Å²) in [6.07, 6.45) is 3.69. The van der Waals surface area contributed by atoms with E-state index < -0.39 is 0 Å². The number of hydrogen-bond acceptors (Lipinski definition) is 3. The van der Waals surface area contributed by atoms with Gasteiger partial charge in [0.15, 0.2) is 0 Å². The second-order valence-corrected chi connectivity index (χ2v) is 4.42. The van der Waals surface area contributed by atoms with E-state index >= 15 is 0 Å². The van der Waals surface area contributed by atoms with Crippen molar-refractivity contribution in [2.75, 3.05) is 13.2 Å². The average Bonchev–Trinajstić information content (AvgIpc) is 2.64. The number of rotatable bonds is 2. The third-order valence-corrected chi connectivity index (χ3v) is 3.20. The van der Waals surface area contributed by atoms with Gasteiger partial charge in [-0.1, -0.05) is 6.92 Å². The molecule has 0 spiro atoms. The van der Waals surface area contributed by atoms with E-state index in [1.54, 1.807) is 0 Å². The number of hydrogen-bond donors (Lipinski definition) is 0. The molecule has 0 amide bonds. The van der Waals surface area contributed by atoms with Crippen LogP contribution in [0.25, 0.3) is 0 Å². The zero-order valence-corrected chi connectivity index (χ0v) is 8.70. The van der Waals surface area contributed by atoms with Crippen LogP contribution < -0.4 is 0 Å². The maximum Gasteiger partial charge on any atom is 0.135 e. The van der Waals surface area contributed by atoms with Crippen molar-refractivity contribution in [1.82, 2.24) is 0 Å². The van der Waals surface area contributed by atoms with Crippen LogP contribution in [-0.4, -0.2) is 31.2 Å². The molecule has 3 unspecified atom stereocenters. The minimum Gasteiger partial charge on any atom is -0.379 e. The van der Waals surface area contributed by atoms with E-state index in [-0.39, 0.29) is 12.2 Å². The molecule has 0 aromatic heterocycles. The first-order valence-corrected chi connectivity index (χ1v) is 5.50. The van der Waals surface area contributed by atoms with Gasteiger partial charge >= 0.3 is 0 Å². The number of carbonyl (C=O) groups excluding carboxylic acids is 1. The molecule has 1 saturated heterocycles. The molecular formula is C11H18O3. The first-order chi connectivity index (χ1) is 6.75. The van der Waals surface area contributed by atoms with Crippen molar-refractivity contribution in [3.8, 4) is 0 Å². The second-order valence-electron chi connectivity index (χ2n) is 4.42. The summed E-state index contributed by atoms with van der Waals surface area (Å²) < 4.78 is 11.1. The molecule has 80 valence electrons. The monoisotopic (exact) mass is 198 g/mol. The summed E-state index contributed by atoms with van der Waals surface area (Å²) in [4.78, 5) is 11.3. The minimum absolute atomic E-state index is 0.142. The largest absolute Gasteiger partial charge is 0.379 e. The standard InChI is InChI=1S/C11H18O3/c1-8-2-3-9(12)6-11(8)14-10-4-5-13-7-10/h8,10-11H,2-7H2,1H3. The van der Waals surface area contributed by atoms with E-state index in [1.165, 1.54) is 0 Å².